The van der Waals surface area contributed by atoms with Gasteiger partial charge in [-0.25, -0.2) is 0 Å². The van der Waals surface area contributed by atoms with E-state index in [1.165, 1.54) is 0 Å². The molecule has 0 aliphatic carbocycles. The molecule has 2 aromatic rings. The molecule has 6 rings (SSSR count). The van der Waals surface area contributed by atoms with Gasteiger partial charge in [-0.1, -0.05) is 35.0 Å². The Morgan fingerprint density at radius 3 is 2.69 bits per heavy atom. The highest BCUT2D eigenvalue weighted by atomic mass is 79.9. The number of anilines is 2. The minimum Gasteiger partial charge on any atom is -0.432 e. The zero-order valence-corrected chi connectivity index (χ0v) is 28.7. The highest BCUT2D eigenvalue weighted by Crippen LogP contribution is 2.60. The molecule has 1 spiro atoms. The number of rotatable bonds is 8. The summed E-state index contributed by atoms with van der Waals surface area (Å²) in [6.07, 6.45) is 2.76. The van der Waals surface area contributed by atoms with Gasteiger partial charge in [-0.2, -0.15) is 0 Å². The highest BCUT2D eigenvalue weighted by molar-refractivity contribution is 9.10. The van der Waals surface area contributed by atoms with E-state index in [0.717, 1.165) is 53.5 Å². The summed E-state index contributed by atoms with van der Waals surface area (Å²) >= 11 is 3.60. The molecule has 0 saturated carbocycles. The predicted molar refractivity (Wildman–Crippen MR) is 177 cm³/mol. The van der Waals surface area contributed by atoms with Gasteiger partial charge in [0.2, 0.25) is 11.8 Å². The van der Waals surface area contributed by atoms with E-state index in [0.29, 0.717) is 12.2 Å². The SMILES string of the molecule is C[C@H]1[C@H]([Si](C)(C)O)[C@@H](CC(=O)N2CCC[C@H]2CO)O[C@]12C(=O)N(Cc1cccc(NC(=O)[C@H]3CCCN3)c1)c1ccc(Br)cc12. The van der Waals surface area contributed by atoms with E-state index in [-0.39, 0.29) is 54.9 Å². The first-order chi connectivity index (χ1) is 21.4. The molecular formula is C33H43BrN4O6Si. The number of halogens is 1. The molecule has 0 bridgehead atoms. The molecule has 4 N–H and O–H groups in total. The Bertz CT molecular complexity index is 1480. The summed E-state index contributed by atoms with van der Waals surface area (Å²) in [5.74, 6) is -0.803. The summed E-state index contributed by atoms with van der Waals surface area (Å²) in [6, 6.07) is 12.9. The zero-order valence-electron chi connectivity index (χ0n) is 26.1. The molecular weight excluding hydrogens is 656 g/mol. The number of hydrogen-bond acceptors (Lipinski definition) is 7. The van der Waals surface area contributed by atoms with E-state index in [4.69, 9.17) is 4.74 Å². The normalized spacial score (nSPS) is 29.6. The number of aliphatic hydroxyl groups excluding tert-OH is 1. The molecule has 2 aromatic carbocycles. The van der Waals surface area contributed by atoms with Gasteiger partial charge in [0.15, 0.2) is 13.9 Å². The summed E-state index contributed by atoms with van der Waals surface area (Å²) in [4.78, 5) is 56.1. The van der Waals surface area contributed by atoms with Gasteiger partial charge >= 0.3 is 0 Å². The number of carbonyl (C=O) groups is 3. The van der Waals surface area contributed by atoms with Crippen molar-refractivity contribution in [1.82, 2.24) is 10.2 Å². The van der Waals surface area contributed by atoms with Crippen molar-refractivity contribution in [3.05, 3.63) is 58.1 Å². The van der Waals surface area contributed by atoms with Crippen molar-refractivity contribution < 1.29 is 29.0 Å². The van der Waals surface area contributed by atoms with Gasteiger partial charge in [0.1, 0.15) is 0 Å². The number of likely N-dealkylation sites (tertiary alicyclic amines) is 1. The van der Waals surface area contributed by atoms with Gasteiger partial charge in [0, 0.05) is 33.7 Å². The number of nitrogens with zero attached hydrogens (tertiary/aromatic N) is 2. The topological polar surface area (TPSA) is 131 Å². The van der Waals surface area contributed by atoms with Crippen LogP contribution in [0.5, 0.6) is 0 Å². The minimum absolute atomic E-state index is 0.0401. The monoisotopic (exact) mass is 698 g/mol. The lowest BCUT2D eigenvalue weighted by Crippen LogP contribution is -2.46. The molecule has 4 aliphatic rings. The molecule has 3 saturated heterocycles. The second kappa shape index (κ2) is 12.5. The van der Waals surface area contributed by atoms with Crippen LogP contribution in [0.4, 0.5) is 11.4 Å². The molecule has 6 atom stereocenters. The molecule has 3 amide bonds. The molecule has 0 aromatic heterocycles. The largest absolute Gasteiger partial charge is 0.432 e. The maximum Gasteiger partial charge on any atom is 0.264 e. The van der Waals surface area contributed by atoms with Crippen LogP contribution in [0.3, 0.4) is 0 Å². The maximum absolute atomic E-state index is 14.7. The van der Waals surface area contributed by atoms with E-state index in [1.54, 1.807) is 9.80 Å². The van der Waals surface area contributed by atoms with Crippen molar-refractivity contribution in [2.75, 3.05) is 29.9 Å². The molecule has 4 aliphatic heterocycles. The average Bonchev–Trinajstić information content (AvgIpc) is 3.78. The number of fused-ring (bicyclic) bond motifs is 2. The summed E-state index contributed by atoms with van der Waals surface area (Å²) in [6.45, 7) is 7.25. The fourth-order valence-corrected chi connectivity index (χ4v) is 11.0. The summed E-state index contributed by atoms with van der Waals surface area (Å²) in [7, 11) is -2.94. The summed E-state index contributed by atoms with van der Waals surface area (Å²) in [5, 5.41) is 16.1. The standard InChI is InChI=1S/C33H43BrN4O6Si/c1-20-30(45(2,3)43)28(17-29(40)37-14-6-9-24(37)19-39)44-33(20)25-16-22(34)11-12-27(25)38(32(33)42)18-21-7-4-8-23(15-21)36-31(41)26-10-5-13-35-26/h4,7-8,11-12,15-16,20,24,26,28,30,35,39,43H,5-6,9-10,13-14,17-19H2,1-3H3,(H,36,41)/t20-,24-,26+,28+,30-,33+/m0/s1. The van der Waals surface area contributed by atoms with Crippen LogP contribution < -0.4 is 15.5 Å². The quantitative estimate of drug-likeness (QED) is 0.308. The van der Waals surface area contributed by atoms with E-state index >= 15 is 0 Å². The average molecular weight is 700 g/mol. The van der Waals surface area contributed by atoms with Crippen molar-refractivity contribution in [2.45, 2.75) is 88.0 Å². The van der Waals surface area contributed by atoms with Gasteiger partial charge in [-0.3, -0.25) is 14.4 Å². The number of amides is 3. The number of hydrogen-bond donors (Lipinski definition) is 4. The highest BCUT2D eigenvalue weighted by Gasteiger charge is 2.66. The third-order valence-corrected chi connectivity index (χ3v) is 13.1. The smallest absolute Gasteiger partial charge is 0.264 e. The third kappa shape index (κ3) is 5.89. The number of ether oxygens (including phenoxy) is 1. The second-order valence-corrected chi connectivity index (χ2v) is 18.4. The van der Waals surface area contributed by atoms with Crippen molar-refractivity contribution in [3.8, 4) is 0 Å². The van der Waals surface area contributed by atoms with Crippen LogP contribution in [0.1, 0.15) is 50.2 Å². The third-order valence-electron chi connectivity index (χ3n) is 10.1. The van der Waals surface area contributed by atoms with E-state index in [2.05, 4.69) is 26.6 Å². The first kappa shape index (κ1) is 32.3. The molecule has 10 nitrogen and oxygen atoms in total. The number of benzene rings is 2. The van der Waals surface area contributed by atoms with Gasteiger partial charge < -0.3 is 35.1 Å². The van der Waals surface area contributed by atoms with Gasteiger partial charge in [-0.05, 0) is 81.2 Å². The Morgan fingerprint density at radius 2 is 1.98 bits per heavy atom. The Balaban J connectivity index is 1.31. The van der Waals surface area contributed by atoms with Crippen LogP contribution in [0.25, 0.3) is 0 Å². The van der Waals surface area contributed by atoms with Gasteiger partial charge in [0.25, 0.3) is 5.91 Å². The molecule has 3 fully saturated rings. The first-order valence-corrected chi connectivity index (χ1v) is 19.8. The lowest BCUT2D eigenvalue weighted by Gasteiger charge is -2.33. The Kier molecular flexibility index (Phi) is 9.01. The molecule has 12 heteroatoms. The van der Waals surface area contributed by atoms with Crippen molar-refractivity contribution in [1.29, 1.82) is 0 Å². The number of aliphatic hydroxyl groups is 1. The molecule has 0 radical (unpaired) electrons. The second-order valence-electron chi connectivity index (χ2n) is 13.5. The van der Waals surface area contributed by atoms with E-state index in [1.807, 2.05) is 62.5 Å². The lowest BCUT2D eigenvalue weighted by molar-refractivity contribution is -0.150. The predicted octanol–water partition coefficient (Wildman–Crippen LogP) is 3.86. The molecule has 242 valence electrons. The molecule has 45 heavy (non-hydrogen) atoms. The van der Waals surface area contributed by atoms with Crippen LogP contribution in [-0.4, -0.2) is 78.7 Å². The zero-order chi connectivity index (χ0) is 32.1. The maximum atomic E-state index is 14.7. The molecule has 0 unspecified atom stereocenters. The van der Waals surface area contributed by atoms with Gasteiger partial charge in [0.05, 0.1) is 43.4 Å². The fraction of sp³-hybridized carbons (Fsp3) is 0.545. The first-order valence-electron chi connectivity index (χ1n) is 16.0. The lowest BCUT2D eigenvalue weighted by atomic mass is 9.82. The summed E-state index contributed by atoms with van der Waals surface area (Å²) < 4.78 is 7.65. The van der Waals surface area contributed by atoms with E-state index in [9.17, 15) is 24.3 Å². The number of carbonyl (C=O) groups excluding carboxylic acids is 3. The van der Waals surface area contributed by atoms with Crippen LogP contribution >= 0.6 is 15.9 Å². The fourth-order valence-electron chi connectivity index (χ4n) is 8.12. The Hall–Kier alpha value is -2.61. The minimum atomic E-state index is -2.94. The van der Waals surface area contributed by atoms with Crippen LogP contribution in [0.15, 0.2) is 46.9 Å². The Labute approximate surface area is 273 Å². The van der Waals surface area contributed by atoms with Gasteiger partial charge in [-0.15, -0.1) is 0 Å². The van der Waals surface area contributed by atoms with Crippen molar-refractivity contribution >= 4 is 53.3 Å². The number of nitrogens with one attached hydrogen (secondary N) is 2. The molecule has 4 heterocycles. The summed E-state index contributed by atoms with van der Waals surface area (Å²) in [5.41, 5.74) is 1.21. The van der Waals surface area contributed by atoms with E-state index < -0.39 is 25.9 Å². The Morgan fingerprint density at radius 1 is 1.18 bits per heavy atom. The van der Waals surface area contributed by atoms with Crippen LogP contribution in [0, 0.1) is 5.92 Å². The van der Waals surface area contributed by atoms with Crippen molar-refractivity contribution in [2.24, 2.45) is 5.92 Å². The van der Waals surface area contributed by atoms with Crippen LogP contribution in [-0.2, 0) is 31.3 Å². The van der Waals surface area contributed by atoms with Crippen molar-refractivity contribution in [3.63, 3.8) is 0 Å². The van der Waals surface area contributed by atoms with Crippen LogP contribution in [0.2, 0.25) is 18.6 Å².